The molecule has 1 aliphatic rings. The summed E-state index contributed by atoms with van der Waals surface area (Å²) in [5.74, 6) is 0.498. The Labute approximate surface area is 124 Å². The molecule has 1 unspecified atom stereocenters. The minimum atomic E-state index is 0.196. The maximum atomic E-state index is 11.9. The van der Waals surface area contributed by atoms with Crippen LogP contribution in [0.1, 0.15) is 17.5 Å². The molecule has 0 spiro atoms. The summed E-state index contributed by atoms with van der Waals surface area (Å²) in [6.07, 6.45) is 4.43. The van der Waals surface area contributed by atoms with Gasteiger partial charge in [0.25, 0.3) is 0 Å². The maximum absolute atomic E-state index is 11.9. The molecule has 21 heavy (non-hydrogen) atoms. The van der Waals surface area contributed by atoms with E-state index in [4.69, 9.17) is 5.73 Å². The molecule has 3 rings (SSSR count). The van der Waals surface area contributed by atoms with Crippen LogP contribution < -0.4 is 5.73 Å². The largest absolute Gasteiger partial charge is 0.338 e. The molecule has 1 saturated heterocycles. The molecule has 0 aliphatic carbocycles. The van der Waals surface area contributed by atoms with Crippen LogP contribution in [0.25, 0.3) is 0 Å². The van der Waals surface area contributed by atoms with Crippen molar-refractivity contribution in [2.75, 3.05) is 13.1 Å². The van der Waals surface area contributed by atoms with E-state index in [9.17, 15) is 4.79 Å². The van der Waals surface area contributed by atoms with Crippen molar-refractivity contribution in [3.8, 4) is 0 Å². The molecule has 0 bridgehead atoms. The third kappa shape index (κ3) is 3.31. The summed E-state index contributed by atoms with van der Waals surface area (Å²) in [7, 11) is 0. The molecule has 1 aliphatic heterocycles. The van der Waals surface area contributed by atoms with Gasteiger partial charge in [-0.25, -0.2) is 0 Å². The third-order valence-corrected chi connectivity index (χ3v) is 3.88. The Balaban J connectivity index is 1.62. The van der Waals surface area contributed by atoms with Crippen molar-refractivity contribution >= 4 is 5.91 Å². The number of nitrogens with two attached hydrogens (primary N) is 1. The molecule has 0 saturated carbocycles. The summed E-state index contributed by atoms with van der Waals surface area (Å²) in [6.45, 7) is 2.72. The molecule has 1 amide bonds. The lowest BCUT2D eigenvalue weighted by atomic mass is 10.1. The van der Waals surface area contributed by atoms with Gasteiger partial charge in [0, 0.05) is 31.3 Å². The van der Waals surface area contributed by atoms with Crippen LogP contribution >= 0.6 is 0 Å². The van der Waals surface area contributed by atoms with Crippen molar-refractivity contribution in [2.24, 2.45) is 11.7 Å². The van der Waals surface area contributed by atoms with Crippen molar-refractivity contribution in [3.63, 3.8) is 0 Å². The van der Waals surface area contributed by atoms with Gasteiger partial charge in [0.05, 0.1) is 12.7 Å². The van der Waals surface area contributed by atoms with Gasteiger partial charge >= 0.3 is 0 Å². The first-order valence-corrected chi connectivity index (χ1v) is 7.27. The van der Waals surface area contributed by atoms with E-state index < -0.39 is 0 Å². The van der Waals surface area contributed by atoms with Gasteiger partial charge in [-0.1, -0.05) is 30.3 Å². The van der Waals surface area contributed by atoms with Gasteiger partial charge in [-0.2, -0.15) is 5.10 Å². The first kappa shape index (κ1) is 13.8. The molecule has 1 aromatic heterocycles. The Morgan fingerprint density at radius 3 is 2.71 bits per heavy atom. The summed E-state index contributed by atoms with van der Waals surface area (Å²) in [4.78, 5) is 13.8. The van der Waals surface area contributed by atoms with Crippen molar-refractivity contribution < 1.29 is 4.79 Å². The van der Waals surface area contributed by atoms with E-state index in [1.165, 1.54) is 5.56 Å². The molecular formula is C16H20N4O. The predicted octanol–water partition coefficient (Wildman–Crippen LogP) is 1.24. The van der Waals surface area contributed by atoms with E-state index in [0.29, 0.717) is 25.4 Å². The van der Waals surface area contributed by atoms with Crippen molar-refractivity contribution in [1.29, 1.82) is 0 Å². The van der Waals surface area contributed by atoms with Gasteiger partial charge in [-0.05, 0) is 18.0 Å². The minimum Gasteiger partial charge on any atom is -0.338 e. The lowest BCUT2D eigenvalue weighted by molar-refractivity contribution is -0.128. The molecule has 2 N–H and O–H groups in total. The fraction of sp³-hybridized carbons (Fsp3) is 0.375. The fourth-order valence-electron chi connectivity index (χ4n) is 2.73. The van der Waals surface area contributed by atoms with Crippen LogP contribution in [0.5, 0.6) is 0 Å². The lowest BCUT2D eigenvalue weighted by Crippen LogP contribution is -2.25. The zero-order chi connectivity index (χ0) is 14.7. The van der Waals surface area contributed by atoms with Crippen molar-refractivity contribution in [1.82, 2.24) is 14.7 Å². The maximum Gasteiger partial charge on any atom is 0.223 e. The molecule has 1 aromatic carbocycles. The number of carbonyl (C=O) groups is 1. The highest BCUT2D eigenvalue weighted by Gasteiger charge is 2.28. The van der Waals surface area contributed by atoms with E-state index in [-0.39, 0.29) is 5.91 Å². The number of amides is 1. The standard InChI is InChI=1S/C16H20N4O/c17-7-14-6-16(21)19(9-14)10-15-8-18-20(12-15)11-13-4-2-1-3-5-13/h1-5,8,12,14H,6-7,9-11,17H2. The van der Waals surface area contributed by atoms with Crippen LogP contribution in [-0.2, 0) is 17.9 Å². The molecule has 0 radical (unpaired) electrons. The average Bonchev–Trinajstić information content (AvgIpc) is 3.08. The predicted molar refractivity (Wildman–Crippen MR) is 80.3 cm³/mol. The van der Waals surface area contributed by atoms with Crippen molar-refractivity contribution in [3.05, 3.63) is 53.9 Å². The second-order valence-electron chi connectivity index (χ2n) is 5.61. The highest BCUT2D eigenvalue weighted by Crippen LogP contribution is 2.19. The normalized spacial score (nSPS) is 18.4. The average molecular weight is 284 g/mol. The van der Waals surface area contributed by atoms with Gasteiger partial charge in [-0.3, -0.25) is 9.48 Å². The zero-order valence-electron chi connectivity index (χ0n) is 12.0. The molecular weight excluding hydrogens is 264 g/mol. The summed E-state index contributed by atoms with van der Waals surface area (Å²) in [5, 5.41) is 4.37. The summed E-state index contributed by atoms with van der Waals surface area (Å²) in [6, 6.07) is 10.2. The molecule has 2 aromatic rings. The molecule has 5 nitrogen and oxygen atoms in total. The lowest BCUT2D eigenvalue weighted by Gasteiger charge is -2.14. The molecule has 2 heterocycles. The molecule has 1 atom stereocenters. The van der Waals surface area contributed by atoms with Crippen LogP contribution in [-0.4, -0.2) is 33.7 Å². The number of rotatable bonds is 5. The van der Waals surface area contributed by atoms with Gasteiger partial charge in [0.15, 0.2) is 0 Å². The van der Waals surface area contributed by atoms with Gasteiger partial charge in [0.2, 0.25) is 5.91 Å². The van der Waals surface area contributed by atoms with Crippen LogP contribution in [0.4, 0.5) is 0 Å². The second kappa shape index (κ2) is 6.10. The Bertz CT molecular complexity index is 608. The Kier molecular flexibility index (Phi) is 4.01. The van der Waals surface area contributed by atoms with Crippen LogP contribution in [0.2, 0.25) is 0 Å². The summed E-state index contributed by atoms with van der Waals surface area (Å²) >= 11 is 0. The first-order chi connectivity index (χ1) is 10.2. The van der Waals surface area contributed by atoms with Crippen molar-refractivity contribution in [2.45, 2.75) is 19.5 Å². The fourth-order valence-corrected chi connectivity index (χ4v) is 2.73. The smallest absolute Gasteiger partial charge is 0.223 e. The zero-order valence-corrected chi connectivity index (χ0v) is 12.0. The number of carbonyl (C=O) groups excluding carboxylic acids is 1. The summed E-state index contributed by atoms with van der Waals surface area (Å²) < 4.78 is 1.91. The Hall–Kier alpha value is -2.14. The van der Waals surface area contributed by atoms with Crippen LogP contribution in [0.15, 0.2) is 42.7 Å². The highest BCUT2D eigenvalue weighted by atomic mass is 16.2. The van der Waals surface area contributed by atoms with Gasteiger partial charge < -0.3 is 10.6 Å². The third-order valence-electron chi connectivity index (χ3n) is 3.88. The number of hydrogen-bond acceptors (Lipinski definition) is 3. The van der Waals surface area contributed by atoms with Gasteiger partial charge in [-0.15, -0.1) is 0 Å². The van der Waals surface area contributed by atoms with E-state index in [2.05, 4.69) is 17.2 Å². The SMILES string of the molecule is NCC1CC(=O)N(Cc2cnn(Cc3ccccc3)c2)C1. The summed E-state index contributed by atoms with van der Waals surface area (Å²) in [5.41, 5.74) is 7.93. The first-order valence-electron chi connectivity index (χ1n) is 7.27. The van der Waals surface area contributed by atoms with E-state index in [0.717, 1.165) is 18.7 Å². The number of likely N-dealkylation sites (tertiary alicyclic amines) is 1. The molecule has 1 fully saturated rings. The number of nitrogens with zero attached hydrogens (tertiary/aromatic N) is 3. The molecule has 110 valence electrons. The quantitative estimate of drug-likeness (QED) is 0.898. The van der Waals surface area contributed by atoms with E-state index in [1.54, 1.807) is 0 Å². The Morgan fingerprint density at radius 1 is 1.19 bits per heavy atom. The topological polar surface area (TPSA) is 64.2 Å². The van der Waals surface area contributed by atoms with E-state index in [1.807, 2.05) is 40.2 Å². The number of benzene rings is 1. The van der Waals surface area contributed by atoms with Crippen LogP contribution in [0.3, 0.4) is 0 Å². The Morgan fingerprint density at radius 2 is 2.00 bits per heavy atom. The van der Waals surface area contributed by atoms with Gasteiger partial charge in [0.1, 0.15) is 0 Å². The van der Waals surface area contributed by atoms with Crippen LogP contribution in [0, 0.1) is 5.92 Å². The highest BCUT2D eigenvalue weighted by molar-refractivity contribution is 5.78. The number of hydrogen-bond donors (Lipinski definition) is 1. The minimum absolute atomic E-state index is 0.196. The molecule has 5 heteroatoms. The van der Waals surface area contributed by atoms with E-state index >= 15 is 0 Å². The second-order valence-corrected chi connectivity index (χ2v) is 5.61. The monoisotopic (exact) mass is 284 g/mol. The number of aromatic nitrogens is 2.